The van der Waals surface area contributed by atoms with E-state index in [0.717, 1.165) is 5.69 Å². The van der Waals surface area contributed by atoms with Crippen molar-refractivity contribution >= 4 is 17.4 Å². The molecule has 3 N–H and O–H groups in total. The molecule has 24 heavy (non-hydrogen) atoms. The zero-order chi connectivity index (χ0) is 17.6. The first-order valence-electron chi connectivity index (χ1n) is 7.92. The number of aliphatic hydroxyl groups excluding tert-OH is 1. The molecule has 0 fully saturated rings. The Morgan fingerprint density at radius 3 is 2.71 bits per heavy atom. The van der Waals surface area contributed by atoms with Crippen LogP contribution in [0.2, 0.25) is 0 Å². The first kappa shape index (κ1) is 17.9. The van der Waals surface area contributed by atoms with E-state index < -0.39 is 0 Å². The molecule has 1 aromatic carbocycles. The van der Waals surface area contributed by atoms with Crippen molar-refractivity contribution in [2.45, 2.75) is 33.2 Å². The summed E-state index contributed by atoms with van der Waals surface area (Å²) in [6.07, 6.45) is 5.50. The topological polar surface area (TPSA) is 87.1 Å². The summed E-state index contributed by atoms with van der Waals surface area (Å²) in [6, 6.07) is 6.86. The highest BCUT2D eigenvalue weighted by atomic mass is 16.3. The number of nitrogens with one attached hydrogen (secondary N) is 2. The van der Waals surface area contributed by atoms with Crippen molar-refractivity contribution in [3.63, 3.8) is 0 Å². The van der Waals surface area contributed by atoms with Crippen LogP contribution < -0.4 is 10.6 Å². The molecule has 0 radical (unpaired) electrons. The van der Waals surface area contributed by atoms with Crippen molar-refractivity contribution in [3.8, 4) is 0 Å². The van der Waals surface area contributed by atoms with Crippen LogP contribution in [0, 0.1) is 5.41 Å². The molecular formula is C18H24N4O2. The molecule has 6 heteroatoms. The van der Waals surface area contributed by atoms with E-state index in [4.69, 9.17) is 0 Å². The van der Waals surface area contributed by atoms with E-state index in [2.05, 4.69) is 41.4 Å². The fraction of sp³-hybridized carbons (Fsp3) is 0.389. The second-order valence-electron chi connectivity index (χ2n) is 6.91. The van der Waals surface area contributed by atoms with Gasteiger partial charge in [0.05, 0.1) is 18.8 Å². The predicted molar refractivity (Wildman–Crippen MR) is 94.2 cm³/mol. The highest BCUT2D eigenvalue weighted by Gasteiger charge is 2.20. The first-order chi connectivity index (χ1) is 11.4. The van der Waals surface area contributed by atoms with Crippen molar-refractivity contribution in [2.24, 2.45) is 5.41 Å². The van der Waals surface area contributed by atoms with Gasteiger partial charge in [-0.15, -0.1) is 0 Å². The third-order valence-corrected chi connectivity index (χ3v) is 3.37. The molecule has 0 spiro atoms. The second kappa shape index (κ2) is 7.88. The Bertz CT molecular complexity index is 668. The zero-order valence-corrected chi connectivity index (χ0v) is 14.3. The van der Waals surface area contributed by atoms with Crippen molar-refractivity contribution in [2.75, 3.05) is 11.9 Å². The van der Waals surface area contributed by atoms with Gasteiger partial charge in [-0.1, -0.05) is 26.8 Å². The van der Waals surface area contributed by atoms with Crippen LogP contribution in [0.4, 0.5) is 11.5 Å². The molecule has 0 aliphatic carbocycles. The van der Waals surface area contributed by atoms with Crippen molar-refractivity contribution in [1.82, 2.24) is 15.3 Å². The molecule has 2 rings (SSSR count). The number of hydrogen-bond donors (Lipinski definition) is 3. The van der Waals surface area contributed by atoms with Crippen LogP contribution in [-0.4, -0.2) is 33.6 Å². The number of aromatic nitrogens is 2. The number of hydrogen-bond acceptors (Lipinski definition) is 5. The van der Waals surface area contributed by atoms with Gasteiger partial charge in [0.15, 0.2) is 0 Å². The van der Waals surface area contributed by atoms with E-state index in [-0.39, 0.29) is 24.0 Å². The second-order valence-corrected chi connectivity index (χ2v) is 6.91. The summed E-state index contributed by atoms with van der Waals surface area (Å²) in [5.74, 6) is 0.400. The van der Waals surface area contributed by atoms with Gasteiger partial charge in [-0.2, -0.15) is 0 Å². The molecule has 1 amide bonds. The van der Waals surface area contributed by atoms with Crippen LogP contribution >= 0.6 is 0 Å². The van der Waals surface area contributed by atoms with E-state index in [1.807, 2.05) is 6.07 Å². The van der Waals surface area contributed by atoms with Crippen LogP contribution in [0.1, 0.15) is 37.6 Å². The zero-order valence-electron chi connectivity index (χ0n) is 14.3. The Labute approximate surface area is 142 Å². The molecule has 128 valence electrons. The van der Waals surface area contributed by atoms with Gasteiger partial charge in [-0.3, -0.25) is 9.78 Å². The lowest BCUT2D eigenvalue weighted by Gasteiger charge is -2.25. The van der Waals surface area contributed by atoms with Crippen LogP contribution in [0.25, 0.3) is 0 Å². The Morgan fingerprint density at radius 1 is 1.29 bits per heavy atom. The molecular weight excluding hydrogens is 304 g/mol. The number of rotatable bonds is 6. The number of nitrogens with zero attached hydrogens (tertiary/aromatic N) is 2. The molecule has 0 aliphatic heterocycles. The minimum absolute atomic E-state index is 0.0239. The lowest BCUT2D eigenvalue weighted by atomic mass is 9.88. The fourth-order valence-corrected chi connectivity index (χ4v) is 2.42. The van der Waals surface area contributed by atoms with Crippen molar-refractivity contribution in [3.05, 3.63) is 48.4 Å². The summed E-state index contributed by atoms with van der Waals surface area (Å²) in [5.41, 5.74) is 1.30. The Morgan fingerprint density at radius 2 is 2.08 bits per heavy atom. The quantitative estimate of drug-likeness (QED) is 0.759. The van der Waals surface area contributed by atoms with Crippen molar-refractivity contribution < 1.29 is 9.90 Å². The monoisotopic (exact) mass is 328 g/mol. The third-order valence-electron chi connectivity index (χ3n) is 3.37. The molecule has 6 nitrogen and oxygen atoms in total. The lowest BCUT2D eigenvalue weighted by molar-refractivity contribution is 0.0897. The van der Waals surface area contributed by atoms with Crippen LogP contribution in [-0.2, 0) is 0 Å². The van der Waals surface area contributed by atoms with Crippen molar-refractivity contribution in [1.29, 1.82) is 0 Å². The average molecular weight is 328 g/mol. The van der Waals surface area contributed by atoms with E-state index in [1.54, 1.807) is 36.8 Å². The number of anilines is 2. The van der Waals surface area contributed by atoms with Gasteiger partial charge in [0.25, 0.3) is 5.91 Å². The van der Waals surface area contributed by atoms with Crippen LogP contribution in [0.3, 0.4) is 0 Å². The highest BCUT2D eigenvalue weighted by molar-refractivity contribution is 5.95. The molecule has 1 aromatic heterocycles. The summed E-state index contributed by atoms with van der Waals surface area (Å²) in [5, 5.41) is 15.5. The van der Waals surface area contributed by atoms with E-state index in [0.29, 0.717) is 17.8 Å². The van der Waals surface area contributed by atoms with Gasteiger partial charge >= 0.3 is 0 Å². The fourth-order valence-electron chi connectivity index (χ4n) is 2.42. The highest BCUT2D eigenvalue weighted by Crippen LogP contribution is 2.21. The molecule has 0 aliphatic rings. The maximum absolute atomic E-state index is 12.4. The summed E-state index contributed by atoms with van der Waals surface area (Å²) in [7, 11) is 0. The molecule has 1 heterocycles. The SMILES string of the molecule is CC(C)(C)CC(CO)NC(=O)c1cccc(Nc2cnccn2)c1. The smallest absolute Gasteiger partial charge is 0.251 e. The van der Waals surface area contributed by atoms with Gasteiger partial charge in [-0.05, 0) is 30.0 Å². The summed E-state index contributed by atoms with van der Waals surface area (Å²) >= 11 is 0. The van der Waals surface area contributed by atoms with E-state index in [9.17, 15) is 9.90 Å². The summed E-state index contributed by atoms with van der Waals surface area (Å²) < 4.78 is 0. The molecule has 1 unspecified atom stereocenters. The number of aliphatic hydroxyl groups is 1. The minimum atomic E-state index is -0.269. The van der Waals surface area contributed by atoms with E-state index in [1.165, 1.54) is 0 Å². The number of carbonyl (C=O) groups is 1. The molecule has 1 atom stereocenters. The molecule has 0 saturated heterocycles. The number of amides is 1. The van der Waals surface area contributed by atoms with Gasteiger partial charge in [0.2, 0.25) is 0 Å². The lowest BCUT2D eigenvalue weighted by Crippen LogP contribution is -2.40. The normalized spacial score (nSPS) is 12.5. The van der Waals surface area contributed by atoms with Gasteiger partial charge in [0, 0.05) is 23.6 Å². The Hall–Kier alpha value is -2.47. The Kier molecular flexibility index (Phi) is 5.87. The van der Waals surface area contributed by atoms with Gasteiger partial charge in [-0.25, -0.2) is 4.98 Å². The molecule has 2 aromatic rings. The predicted octanol–water partition coefficient (Wildman–Crippen LogP) is 2.75. The van der Waals surface area contributed by atoms with Crippen LogP contribution in [0.15, 0.2) is 42.9 Å². The first-order valence-corrected chi connectivity index (χ1v) is 7.92. The summed E-state index contributed by atoms with van der Waals surface area (Å²) in [6.45, 7) is 6.15. The average Bonchev–Trinajstić information content (AvgIpc) is 2.54. The standard InChI is InChI=1S/C18H24N4O2/c1-18(2,3)10-15(12-23)22-17(24)13-5-4-6-14(9-13)21-16-11-19-7-8-20-16/h4-9,11,15,23H,10,12H2,1-3H3,(H,20,21)(H,22,24). The maximum Gasteiger partial charge on any atom is 0.251 e. The van der Waals surface area contributed by atoms with Crippen LogP contribution in [0.5, 0.6) is 0 Å². The van der Waals surface area contributed by atoms with Gasteiger partial charge in [0.1, 0.15) is 5.82 Å². The molecule has 0 saturated carbocycles. The minimum Gasteiger partial charge on any atom is -0.394 e. The number of benzene rings is 1. The number of carbonyl (C=O) groups excluding carboxylic acids is 1. The summed E-state index contributed by atoms with van der Waals surface area (Å²) in [4.78, 5) is 20.6. The maximum atomic E-state index is 12.4. The largest absolute Gasteiger partial charge is 0.394 e. The third kappa shape index (κ3) is 5.62. The Balaban J connectivity index is 2.05. The molecule has 0 bridgehead atoms. The van der Waals surface area contributed by atoms with Gasteiger partial charge < -0.3 is 15.7 Å². The van der Waals surface area contributed by atoms with E-state index >= 15 is 0 Å².